The summed E-state index contributed by atoms with van der Waals surface area (Å²) in [7, 11) is 0. The molecule has 128 valence electrons. The number of nitrogens with zero attached hydrogens (tertiary/aromatic N) is 1. The molecular formula is C18H28N2O3. The van der Waals surface area contributed by atoms with E-state index in [9.17, 15) is 9.90 Å². The molecule has 1 aliphatic rings. The van der Waals surface area contributed by atoms with Crippen molar-refractivity contribution in [3.8, 4) is 0 Å². The molecule has 0 aliphatic carbocycles. The first-order chi connectivity index (χ1) is 11.1. The van der Waals surface area contributed by atoms with E-state index in [4.69, 9.17) is 5.11 Å². The fraction of sp³-hybridized carbons (Fsp3) is 0.611. The minimum absolute atomic E-state index is 0.0482. The van der Waals surface area contributed by atoms with Crippen LogP contribution >= 0.6 is 0 Å². The smallest absolute Gasteiger partial charge is 0.317 e. The highest BCUT2D eigenvalue weighted by atomic mass is 16.3. The number of piperidine rings is 1. The van der Waals surface area contributed by atoms with Gasteiger partial charge in [-0.25, -0.2) is 4.79 Å². The van der Waals surface area contributed by atoms with Gasteiger partial charge >= 0.3 is 6.03 Å². The Morgan fingerprint density at radius 1 is 1.30 bits per heavy atom. The van der Waals surface area contributed by atoms with Crippen molar-refractivity contribution < 1.29 is 15.0 Å². The maximum atomic E-state index is 12.3. The highest BCUT2D eigenvalue weighted by Crippen LogP contribution is 2.21. The molecule has 1 aromatic carbocycles. The molecule has 0 saturated carbocycles. The number of rotatable bonds is 6. The second-order valence-electron chi connectivity index (χ2n) is 6.49. The summed E-state index contributed by atoms with van der Waals surface area (Å²) < 4.78 is 0. The Bertz CT molecular complexity index is 470. The van der Waals surface area contributed by atoms with Crippen molar-refractivity contribution in [2.75, 3.05) is 26.2 Å². The number of hydrogen-bond donors (Lipinski definition) is 3. The number of aliphatic hydroxyl groups is 2. The van der Waals surface area contributed by atoms with Crippen molar-refractivity contribution in [3.05, 3.63) is 35.9 Å². The summed E-state index contributed by atoms with van der Waals surface area (Å²) in [6.07, 6.45) is 1.94. The van der Waals surface area contributed by atoms with Gasteiger partial charge in [-0.1, -0.05) is 30.3 Å². The Morgan fingerprint density at radius 2 is 1.96 bits per heavy atom. The van der Waals surface area contributed by atoms with Crippen molar-refractivity contribution in [3.63, 3.8) is 0 Å². The number of hydrogen-bond acceptors (Lipinski definition) is 3. The predicted octanol–water partition coefficient (Wildman–Crippen LogP) is 1.95. The van der Waals surface area contributed by atoms with E-state index in [1.807, 2.05) is 35.2 Å². The molecule has 23 heavy (non-hydrogen) atoms. The van der Waals surface area contributed by atoms with Crippen LogP contribution in [0.4, 0.5) is 4.79 Å². The molecule has 0 aromatic heterocycles. The van der Waals surface area contributed by atoms with Crippen LogP contribution in [-0.2, 0) is 0 Å². The monoisotopic (exact) mass is 320 g/mol. The van der Waals surface area contributed by atoms with Crippen LogP contribution in [0.15, 0.2) is 30.3 Å². The van der Waals surface area contributed by atoms with Crippen molar-refractivity contribution in [1.82, 2.24) is 10.2 Å². The third kappa shape index (κ3) is 5.52. The molecule has 1 fully saturated rings. The number of carbonyl (C=O) groups excluding carboxylic acids is 1. The third-order valence-corrected chi connectivity index (χ3v) is 4.56. The maximum absolute atomic E-state index is 12.3. The predicted molar refractivity (Wildman–Crippen MR) is 90.3 cm³/mol. The number of urea groups is 1. The van der Waals surface area contributed by atoms with E-state index in [0.29, 0.717) is 32.0 Å². The van der Waals surface area contributed by atoms with Crippen molar-refractivity contribution in [2.24, 2.45) is 5.92 Å². The van der Waals surface area contributed by atoms with E-state index in [2.05, 4.69) is 5.32 Å². The van der Waals surface area contributed by atoms with Crippen LogP contribution in [0.3, 0.4) is 0 Å². The normalized spacial score (nSPS) is 18.5. The molecule has 3 N–H and O–H groups in total. The second kappa shape index (κ2) is 8.89. The van der Waals surface area contributed by atoms with Crippen LogP contribution in [0, 0.1) is 5.92 Å². The molecule has 2 atom stereocenters. The van der Waals surface area contributed by atoms with Crippen molar-refractivity contribution in [1.29, 1.82) is 0 Å². The fourth-order valence-corrected chi connectivity index (χ4v) is 3.12. The van der Waals surface area contributed by atoms with Crippen molar-refractivity contribution in [2.45, 2.75) is 38.2 Å². The average Bonchev–Trinajstić information content (AvgIpc) is 2.59. The van der Waals surface area contributed by atoms with Crippen LogP contribution < -0.4 is 5.32 Å². The molecule has 1 heterocycles. The van der Waals surface area contributed by atoms with E-state index in [1.165, 1.54) is 0 Å². The summed E-state index contributed by atoms with van der Waals surface area (Å²) in [5.41, 5.74) is 1.13. The van der Waals surface area contributed by atoms with Crippen molar-refractivity contribution >= 4 is 6.03 Å². The fourth-order valence-electron chi connectivity index (χ4n) is 3.12. The van der Waals surface area contributed by atoms with Gasteiger partial charge in [-0.15, -0.1) is 0 Å². The van der Waals surface area contributed by atoms with E-state index in [0.717, 1.165) is 18.4 Å². The Balaban J connectivity index is 1.87. The van der Waals surface area contributed by atoms with E-state index in [1.54, 1.807) is 6.92 Å². The summed E-state index contributed by atoms with van der Waals surface area (Å²) in [4.78, 5) is 14.1. The summed E-state index contributed by atoms with van der Waals surface area (Å²) in [5.74, 6) is 0.432. The van der Waals surface area contributed by atoms with Gasteiger partial charge in [0, 0.05) is 32.2 Å². The van der Waals surface area contributed by atoms with Gasteiger partial charge in [-0.05, 0) is 37.7 Å². The number of aliphatic hydroxyl groups excluding tert-OH is 2. The zero-order chi connectivity index (χ0) is 16.7. The summed E-state index contributed by atoms with van der Waals surface area (Å²) >= 11 is 0. The largest absolute Gasteiger partial charge is 0.396 e. The van der Waals surface area contributed by atoms with E-state index in [-0.39, 0.29) is 18.6 Å². The van der Waals surface area contributed by atoms with Gasteiger partial charge in [0.2, 0.25) is 0 Å². The molecule has 1 aliphatic heterocycles. The average molecular weight is 320 g/mol. The minimum atomic E-state index is -0.405. The third-order valence-electron chi connectivity index (χ3n) is 4.56. The molecule has 0 radical (unpaired) electrons. The van der Waals surface area contributed by atoms with E-state index < -0.39 is 6.10 Å². The molecule has 0 bridgehead atoms. The molecular weight excluding hydrogens is 292 g/mol. The second-order valence-corrected chi connectivity index (χ2v) is 6.49. The SMILES string of the molecule is CC(O)CC(CNC(=O)N1CCC(CO)CC1)c1ccccc1. The Labute approximate surface area is 138 Å². The molecule has 1 saturated heterocycles. The van der Waals surface area contributed by atoms with Gasteiger partial charge in [0.25, 0.3) is 0 Å². The number of nitrogens with one attached hydrogen (secondary N) is 1. The first-order valence-corrected chi connectivity index (χ1v) is 8.46. The number of likely N-dealkylation sites (tertiary alicyclic amines) is 1. The van der Waals surface area contributed by atoms with E-state index >= 15 is 0 Å². The van der Waals surface area contributed by atoms with Gasteiger partial charge in [-0.3, -0.25) is 0 Å². The van der Waals surface area contributed by atoms with Crippen LogP contribution in [0.2, 0.25) is 0 Å². The minimum Gasteiger partial charge on any atom is -0.396 e. The van der Waals surface area contributed by atoms with Crippen LogP contribution in [0.25, 0.3) is 0 Å². The number of benzene rings is 1. The lowest BCUT2D eigenvalue weighted by Crippen LogP contribution is -2.46. The Kier molecular flexibility index (Phi) is 6.86. The van der Waals surface area contributed by atoms with Gasteiger partial charge < -0.3 is 20.4 Å². The quantitative estimate of drug-likeness (QED) is 0.750. The first kappa shape index (κ1) is 17.8. The standard InChI is InChI=1S/C18H28N2O3/c1-14(22)11-17(16-5-3-2-4-6-16)12-19-18(23)20-9-7-15(13-21)8-10-20/h2-6,14-15,17,21-22H,7-13H2,1H3,(H,19,23). The lowest BCUT2D eigenvalue weighted by molar-refractivity contribution is 0.136. The lowest BCUT2D eigenvalue weighted by Gasteiger charge is -2.31. The highest BCUT2D eigenvalue weighted by Gasteiger charge is 2.23. The van der Waals surface area contributed by atoms with Gasteiger partial charge in [-0.2, -0.15) is 0 Å². The topological polar surface area (TPSA) is 72.8 Å². The Hall–Kier alpha value is -1.59. The highest BCUT2D eigenvalue weighted by molar-refractivity contribution is 5.74. The molecule has 0 spiro atoms. The summed E-state index contributed by atoms with van der Waals surface area (Å²) in [5, 5.41) is 21.9. The zero-order valence-corrected chi connectivity index (χ0v) is 13.8. The molecule has 2 rings (SSSR count). The molecule has 2 amide bonds. The first-order valence-electron chi connectivity index (χ1n) is 8.46. The van der Waals surface area contributed by atoms with Crippen LogP contribution in [-0.4, -0.2) is 53.5 Å². The zero-order valence-electron chi connectivity index (χ0n) is 13.8. The Morgan fingerprint density at radius 3 is 2.52 bits per heavy atom. The molecule has 2 unspecified atom stereocenters. The number of carbonyl (C=O) groups is 1. The lowest BCUT2D eigenvalue weighted by atomic mass is 9.93. The summed E-state index contributed by atoms with van der Waals surface area (Å²) in [6.45, 7) is 3.90. The van der Waals surface area contributed by atoms with Crippen LogP contribution in [0.5, 0.6) is 0 Å². The molecule has 5 nitrogen and oxygen atoms in total. The van der Waals surface area contributed by atoms with Gasteiger partial charge in [0.1, 0.15) is 0 Å². The maximum Gasteiger partial charge on any atom is 0.317 e. The number of amides is 2. The summed E-state index contributed by atoms with van der Waals surface area (Å²) in [6, 6.07) is 9.94. The molecule has 1 aromatic rings. The van der Waals surface area contributed by atoms with Crippen LogP contribution in [0.1, 0.15) is 37.7 Å². The van der Waals surface area contributed by atoms with Gasteiger partial charge in [0.05, 0.1) is 6.10 Å². The molecule has 5 heteroatoms. The van der Waals surface area contributed by atoms with Gasteiger partial charge in [0.15, 0.2) is 0 Å².